The van der Waals surface area contributed by atoms with Crippen molar-refractivity contribution in [2.24, 2.45) is 5.92 Å². The lowest BCUT2D eigenvalue weighted by Gasteiger charge is -2.36. The first kappa shape index (κ1) is 27.2. The average molecular weight is 535 g/mol. The fourth-order valence-electron chi connectivity index (χ4n) is 4.73. The number of hydrogen-bond donors (Lipinski definition) is 2. The highest BCUT2D eigenvalue weighted by molar-refractivity contribution is 5.93. The van der Waals surface area contributed by atoms with Crippen molar-refractivity contribution in [1.82, 2.24) is 9.80 Å². The number of nitrogens with zero attached hydrogens (tertiary/aromatic N) is 3. The molecule has 2 aromatic rings. The van der Waals surface area contributed by atoms with Gasteiger partial charge in [0.1, 0.15) is 5.75 Å². The van der Waals surface area contributed by atoms with E-state index in [-0.39, 0.29) is 18.1 Å². The summed E-state index contributed by atoms with van der Waals surface area (Å²) in [4.78, 5) is 43.1. The molecule has 2 N–H and O–H groups in total. The molecule has 2 heterocycles. The van der Waals surface area contributed by atoms with Crippen molar-refractivity contribution >= 4 is 29.2 Å². The molecule has 0 bridgehead atoms. The molecular weight excluding hydrogens is 505 g/mol. The number of carbonyl (C=O) groups is 3. The number of likely N-dealkylation sites (tertiary alicyclic amines) is 1. The van der Waals surface area contributed by atoms with Gasteiger partial charge in [0.15, 0.2) is 0 Å². The minimum Gasteiger partial charge on any atom is -0.507 e. The van der Waals surface area contributed by atoms with Crippen LogP contribution in [0.5, 0.6) is 5.75 Å². The minimum atomic E-state index is -4.74. The number of methoxy groups -OCH3 is 1. The summed E-state index contributed by atoms with van der Waals surface area (Å²) in [7, 11) is 1.33. The molecule has 0 aliphatic carbocycles. The Morgan fingerprint density at radius 2 is 1.79 bits per heavy atom. The first-order valence-electron chi connectivity index (χ1n) is 12.2. The van der Waals surface area contributed by atoms with Crippen LogP contribution in [0, 0.1) is 5.92 Å². The smallest absolute Gasteiger partial charge is 0.420 e. The van der Waals surface area contributed by atoms with Gasteiger partial charge < -0.3 is 25.0 Å². The number of phenols is 1. The van der Waals surface area contributed by atoms with Crippen molar-refractivity contribution in [2.75, 3.05) is 63.1 Å². The number of anilines is 2. The zero-order valence-corrected chi connectivity index (χ0v) is 20.8. The van der Waals surface area contributed by atoms with Crippen molar-refractivity contribution in [3.05, 3.63) is 53.6 Å². The Kier molecular flexibility index (Phi) is 8.10. The minimum absolute atomic E-state index is 0.0513. The third kappa shape index (κ3) is 6.36. The van der Waals surface area contributed by atoms with Gasteiger partial charge in [-0.25, -0.2) is 4.79 Å². The number of benzene rings is 2. The Hall–Kier alpha value is -3.80. The van der Waals surface area contributed by atoms with E-state index in [1.54, 1.807) is 23.1 Å². The van der Waals surface area contributed by atoms with Crippen molar-refractivity contribution in [3.63, 3.8) is 0 Å². The van der Waals surface area contributed by atoms with Crippen LogP contribution in [0.2, 0.25) is 0 Å². The summed E-state index contributed by atoms with van der Waals surface area (Å²) in [6.07, 6.45) is -4.26. The van der Waals surface area contributed by atoms with Crippen molar-refractivity contribution in [2.45, 2.75) is 12.6 Å². The molecule has 4 rings (SSSR count). The van der Waals surface area contributed by atoms with E-state index in [1.807, 2.05) is 11.0 Å². The van der Waals surface area contributed by atoms with Crippen LogP contribution in [-0.4, -0.2) is 85.6 Å². The van der Waals surface area contributed by atoms with E-state index in [9.17, 15) is 32.7 Å². The Bertz CT molecular complexity index is 1200. The summed E-state index contributed by atoms with van der Waals surface area (Å²) in [5.41, 5.74) is 0.0709. The second kappa shape index (κ2) is 11.3. The van der Waals surface area contributed by atoms with Crippen LogP contribution >= 0.6 is 0 Å². The Labute approximate surface area is 217 Å². The van der Waals surface area contributed by atoms with Crippen LogP contribution < -0.4 is 10.2 Å². The zero-order chi connectivity index (χ0) is 27.4. The summed E-state index contributed by atoms with van der Waals surface area (Å²) in [6, 6.07) is 9.95. The molecule has 204 valence electrons. The lowest BCUT2D eigenvalue weighted by atomic mass is 10.1. The summed E-state index contributed by atoms with van der Waals surface area (Å²) >= 11 is 0. The fraction of sp³-hybridized carbons (Fsp3) is 0.423. The number of carbonyl (C=O) groups excluding carboxylic acids is 3. The summed E-state index contributed by atoms with van der Waals surface area (Å²) in [5.74, 6) is -2.27. The number of nitrogens with one attached hydrogen (secondary N) is 1. The third-order valence-corrected chi connectivity index (χ3v) is 6.84. The van der Waals surface area contributed by atoms with Crippen LogP contribution in [0.1, 0.15) is 22.3 Å². The number of ether oxygens (including phenoxy) is 1. The van der Waals surface area contributed by atoms with Gasteiger partial charge in [-0.1, -0.05) is 6.07 Å². The second-order valence-electron chi connectivity index (χ2n) is 9.35. The van der Waals surface area contributed by atoms with E-state index in [1.165, 1.54) is 13.2 Å². The van der Waals surface area contributed by atoms with Crippen LogP contribution in [0.3, 0.4) is 0 Å². The number of aromatic hydroxyl groups is 1. The number of hydrogen-bond acceptors (Lipinski definition) is 7. The number of esters is 1. The van der Waals surface area contributed by atoms with E-state index in [0.717, 1.165) is 11.8 Å². The van der Waals surface area contributed by atoms with E-state index in [2.05, 4.69) is 10.2 Å². The van der Waals surface area contributed by atoms with Crippen molar-refractivity contribution in [3.8, 4) is 5.75 Å². The Morgan fingerprint density at radius 3 is 2.47 bits per heavy atom. The van der Waals surface area contributed by atoms with Gasteiger partial charge in [-0.15, -0.1) is 0 Å². The first-order valence-corrected chi connectivity index (χ1v) is 12.2. The van der Waals surface area contributed by atoms with Crippen LogP contribution in [0.25, 0.3) is 0 Å². The molecule has 38 heavy (non-hydrogen) atoms. The zero-order valence-electron chi connectivity index (χ0n) is 20.8. The SMILES string of the molecule is COC(=O)c1cccc(N2CCN(C(=O)CN3CC[C@@H](C(=O)Nc4ccc(O)c(C(F)(F)F)c4)C3)CC2)c1. The van der Waals surface area contributed by atoms with Gasteiger partial charge in [0.25, 0.3) is 0 Å². The van der Waals surface area contributed by atoms with Gasteiger partial charge >= 0.3 is 12.1 Å². The number of piperazine rings is 1. The molecule has 0 aromatic heterocycles. The quantitative estimate of drug-likeness (QED) is 0.434. The van der Waals surface area contributed by atoms with Gasteiger partial charge in [-0.3, -0.25) is 14.5 Å². The largest absolute Gasteiger partial charge is 0.507 e. The predicted octanol–water partition coefficient (Wildman–Crippen LogP) is 2.81. The van der Waals surface area contributed by atoms with Crippen LogP contribution in [0.15, 0.2) is 42.5 Å². The highest BCUT2D eigenvalue weighted by Gasteiger charge is 2.35. The molecule has 1 atom stereocenters. The average Bonchev–Trinajstić information content (AvgIpc) is 3.37. The Morgan fingerprint density at radius 1 is 1.05 bits per heavy atom. The molecule has 2 aliphatic rings. The number of amides is 2. The van der Waals surface area contributed by atoms with E-state index in [0.29, 0.717) is 57.3 Å². The molecule has 2 aliphatic heterocycles. The standard InChI is InChI=1S/C26H29F3N4O5/c1-38-25(37)17-3-2-4-20(13-17)32-9-11-33(12-10-32)23(35)16-31-8-7-18(15-31)24(36)30-19-5-6-22(34)21(14-19)26(27,28)29/h2-6,13-14,18,34H,7-12,15-16H2,1H3,(H,30,36)/t18-/m1/s1. The molecule has 0 radical (unpaired) electrons. The van der Waals surface area contributed by atoms with Crippen LogP contribution in [0.4, 0.5) is 24.5 Å². The van der Waals surface area contributed by atoms with E-state index < -0.39 is 35.3 Å². The molecule has 2 aromatic carbocycles. The van der Waals surface area contributed by atoms with Crippen molar-refractivity contribution < 1.29 is 37.4 Å². The highest BCUT2D eigenvalue weighted by Crippen LogP contribution is 2.37. The maximum atomic E-state index is 13.0. The van der Waals surface area contributed by atoms with Gasteiger partial charge in [0.2, 0.25) is 11.8 Å². The predicted molar refractivity (Wildman–Crippen MR) is 133 cm³/mol. The number of alkyl halides is 3. The number of phenolic OH excluding ortho intramolecular Hbond substituents is 1. The van der Waals surface area contributed by atoms with Crippen molar-refractivity contribution in [1.29, 1.82) is 0 Å². The highest BCUT2D eigenvalue weighted by atomic mass is 19.4. The summed E-state index contributed by atoms with van der Waals surface area (Å²) < 4.78 is 43.8. The molecule has 2 amide bonds. The van der Waals surface area contributed by atoms with E-state index >= 15 is 0 Å². The lowest BCUT2D eigenvalue weighted by molar-refractivity contribution is -0.138. The number of rotatable bonds is 6. The van der Waals surface area contributed by atoms with E-state index in [4.69, 9.17) is 4.74 Å². The topological polar surface area (TPSA) is 102 Å². The fourth-order valence-corrected chi connectivity index (χ4v) is 4.73. The molecule has 0 unspecified atom stereocenters. The third-order valence-electron chi connectivity index (χ3n) is 6.84. The molecule has 0 spiro atoms. The van der Waals surface area contributed by atoms with Gasteiger partial charge in [-0.05, 0) is 49.4 Å². The molecule has 2 fully saturated rings. The molecule has 2 saturated heterocycles. The van der Waals surface area contributed by atoms with Crippen LogP contribution in [-0.2, 0) is 20.5 Å². The second-order valence-corrected chi connectivity index (χ2v) is 9.35. The lowest BCUT2D eigenvalue weighted by Crippen LogP contribution is -2.51. The molecular formula is C26H29F3N4O5. The summed E-state index contributed by atoms with van der Waals surface area (Å²) in [6.45, 7) is 3.24. The maximum absolute atomic E-state index is 13.0. The number of halogens is 3. The van der Waals surface area contributed by atoms with Gasteiger partial charge in [-0.2, -0.15) is 13.2 Å². The maximum Gasteiger partial charge on any atom is 0.420 e. The first-order chi connectivity index (χ1) is 18.0. The monoisotopic (exact) mass is 534 g/mol. The summed E-state index contributed by atoms with van der Waals surface area (Å²) in [5, 5.41) is 11.9. The molecule has 0 saturated carbocycles. The van der Waals surface area contributed by atoms with Gasteiger partial charge in [0, 0.05) is 44.1 Å². The van der Waals surface area contributed by atoms with Gasteiger partial charge in [0.05, 0.1) is 30.7 Å². The molecule has 12 heteroatoms. The molecule has 9 nitrogen and oxygen atoms in total. The Balaban J connectivity index is 1.25. The normalized spacial score (nSPS) is 18.4.